The van der Waals surface area contributed by atoms with E-state index in [0.29, 0.717) is 5.75 Å². The van der Waals surface area contributed by atoms with Gasteiger partial charge in [-0.3, -0.25) is 10.1 Å². The molecule has 0 unspecified atom stereocenters. The Hall–Kier alpha value is -3.76. The Labute approximate surface area is 151 Å². The molecule has 2 aromatic rings. The first-order chi connectivity index (χ1) is 12.7. The van der Waals surface area contributed by atoms with Crippen molar-refractivity contribution in [2.45, 2.75) is 6.54 Å². The Bertz CT molecular complexity index is 826. The molecule has 0 spiro atoms. The Balaban J connectivity index is 0.000000527. The summed E-state index contributed by atoms with van der Waals surface area (Å²) in [6.45, 7) is -0.157. The van der Waals surface area contributed by atoms with E-state index in [1.165, 1.54) is 31.4 Å². The van der Waals surface area contributed by atoms with Crippen LogP contribution in [0.1, 0.15) is 5.56 Å². The van der Waals surface area contributed by atoms with Crippen LogP contribution in [0.4, 0.5) is 20.2 Å². The molecule has 0 saturated carbocycles. The van der Waals surface area contributed by atoms with E-state index in [1.807, 2.05) is 0 Å². The largest absolute Gasteiger partial charge is 0.495 e. The van der Waals surface area contributed by atoms with Crippen LogP contribution in [0.15, 0.2) is 36.4 Å². The maximum Gasteiger partial charge on any atom is 0.414 e. The van der Waals surface area contributed by atoms with Crippen LogP contribution in [0.2, 0.25) is 0 Å². The zero-order valence-electron chi connectivity index (χ0n) is 13.8. The first-order valence-corrected chi connectivity index (χ1v) is 7.12. The summed E-state index contributed by atoms with van der Waals surface area (Å²) in [7, 11) is 1.40. The highest BCUT2D eigenvalue weighted by atomic mass is 19.1. The smallest absolute Gasteiger partial charge is 0.414 e. The fourth-order valence-electron chi connectivity index (χ4n) is 1.83. The molecule has 3 N–H and O–H groups in total. The first kappa shape index (κ1) is 21.3. The van der Waals surface area contributed by atoms with Gasteiger partial charge in [0.2, 0.25) is 0 Å². The molecule has 0 aromatic heterocycles. The summed E-state index contributed by atoms with van der Waals surface area (Å²) in [6.07, 6.45) is 0. The van der Waals surface area contributed by atoms with Crippen molar-refractivity contribution < 1.29 is 38.2 Å². The Morgan fingerprint density at radius 1 is 1.15 bits per heavy atom. The van der Waals surface area contributed by atoms with Gasteiger partial charge in [-0.15, -0.1) is 0 Å². The van der Waals surface area contributed by atoms with Crippen LogP contribution >= 0.6 is 0 Å². The van der Waals surface area contributed by atoms with Gasteiger partial charge in [-0.1, -0.05) is 6.07 Å². The van der Waals surface area contributed by atoms with Crippen molar-refractivity contribution in [3.8, 4) is 5.75 Å². The highest BCUT2D eigenvalue weighted by Crippen LogP contribution is 2.29. The van der Waals surface area contributed by atoms with Crippen LogP contribution < -0.4 is 10.1 Å². The van der Waals surface area contributed by atoms with Crippen molar-refractivity contribution in [1.82, 2.24) is 0 Å². The van der Waals surface area contributed by atoms with Crippen molar-refractivity contribution >= 4 is 23.3 Å². The van der Waals surface area contributed by atoms with Gasteiger partial charge < -0.3 is 20.3 Å². The lowest BCUT2D eigenvalue weighted by atomic mass is 10.2. The number of methoxy groups -OCH3 is 1. The molecule has 9 nitrogen and oxygen atoms in total. The van der Waals surface area contributed by atoms with Crippen molar-refractivity contribution in [2.75, 3.05) is 12.4 Å². The van der Waals surface area contributed by atoms with Gasteiger partial charge in [0, 0.05) is 24.2 Å². The first-order valence-electron chi connectivity index (χ1n) is 7.12. The zero-order valence-corrected chi connectivity index (χ0v) is 13.8. The van der Waals surface area contributed by atoms with Gasteiger partial charge in [0.25, 0.3) is 5.69 Å². The third kappa shape index (κ3) is 6.23. The van der Waals surface area contributed by atoms with E-state index in [2.05, 4.69) is 5.32 Å². The lowest BCUT2D eigenvalue weighted by molar-refractivity contribution is -0.384. The minimum absolute atomic E-state index is 0.146. The van der Waals surface area contributed by atoms with Crippen molar-refractivity contribution in [2.24, 2.45) is 0 Å². The van der Waals surface area contributed by atoms with Crippen molar-refractivity contribution in [1.29, 1.82) is 0 Å². The van der Waals surface area contributed by atoms with E-state index < -0.39 is 28.5 Å². The Kier molecular flexibility index (Phi) is 7.61. The van der Waals surface area contributed by atoms with Gasteiger partial charge in [-0.05, 0) is 18.2 Å². The number of benzene rings is 2. The van der Waals surface area contributed by atoms with E-state index in [-0.39, 0.29) is 23.5 Å². The fourth-order valence-corrected chi connectivity index (χ4v) is 1.83. The Morgan fingerprint density at radius 3 is 2.15 bits per heavy atom. The lowest BCUT2D eigenvalue weighted by Crippen LogP contribution is -2.09. The number of nitrogens with one attached hydrogen (secondary N) is 1. The van der Waals surface area contributed by atoms with Crippen molar-refractivity contribution in [3.05, 3.63) is 63.7 Å². The SMILES string of the molecule is COc1ccc([N+](=O)[O-])cc1NCc1c(F)cccc1F.O=C(O)C(=O)O. The molecule has 144 valence electrons. The number of nitro benzene ring substituents is 1. The van der Waals surface area contributed by atoms with Gasteiger partial charge in [-0.25, -0.2) is 18.4 Å². The lowest BCUT2D eigenvalue weighted by Gasteiger charge is -2.12. The van der Waals surface area contributed by atoms with Crippen LogP contribution in [0.25, 0.3) is 0 Å². The minimum atomic E-state index is -1.82. The van der Waals surface area contributed by atoms with Gasteiger partial charge in [0.05, 0.1) is 17.7 Å². The number of carboxylic acids is 2. The second-order valence-corrected chi connectivity index (χ2v) is 4.81. The molecule has 2 aromatic carbocycles. The minimum Gasteiger partial charge on any atom is -0.495 e. The number of halogens is 2. The summed E-state index contributed by atoms with van der Waals surface area (Å²) in [6, 6.07) is 7.50. The molecule has 0 radical (unpaired) electrons. The summed E-state index contributed by atoms with van der Waals surface area (Å²) < 4.78 is 32.1. The van der Waals surface area contributed by atoms with Crippen LogP contribution in [-0.4, -0.2) is 34.2 Å². The number of hydrogen-bond donors (Lipinski definition) is 3. The molecule has 0 aliphatic heterocycles. The molecule has 0 aliphatic carbocycles. The number of rotatable bonds is 5. The van der Waals surface area contributed by atoms with Crippen LogP contribution in [0.5, 0.6) is 5.75 Å². The number of aliphatic carboxylic acids is 2. The summed E-state index contributed by atoms with van der Waals surface area (Å²) in [5.41, 5.74) is -0.00674. The third-order valence-electron chi connectivity index (χ3n) is 3.09. The highest BCUT2D eigenvalue weighted by molar-refractivity contribution is 6.27. The van der Waals surface area contributed by atoms with E-state index in [9.17, 15) is 18.9 Å². The van der Waals surface area contributed by atoms with E-state index in [1.54, 1.807) is 0 Å². The summed E-state index contributed by atoms with van der Waals surface area (Å²) >= 11 is 0. The quantitative estimate of drug-likeness (QED) is 0.406. The number of nitro groups is 1. The highest BCUT2D eigenvalue weighted by Gasteiger charge is 2.13. The van der Waals surface area contributed by atoms with E-state index in [0.717, 1.165) is 12.1 Å². The molecule has 2 rings (SSSR count). The van der Waals surface area contributed by atoms with E-state index in [4.69, 9.17) is 24.5 Å². The van der Waals surface area contributed by atoms with Gasteiger partial charge in [0.1, 0.15) is 17.4 Å². The normalized spacial score (nSPS) is 9.59. The third-order valence-corrected chi connectivity index (χ3v) is 3.09. The topological polar surface area (TPSA) is 139 Å². The second-order valence-electron chi connectivity index (χ2n) is 4.81. The van der Waals surface area contributed by atoms with Gasteiger partial charge >= 0.3 is 11.9 Å². The van der Waals surface area contributed by atoms with Gasteiger partial charge in [0.15, 0.2) is 0 Å². The van der Waals surface area contributed by atoms with Crippen LogP contribution in [0.3, 0.4) is 0 Å². The van der Waals surface area contributed by atoms with Crippen LogP contribution in [0, 0.1) is 21.7 Å². The molecule has 0 bridgehead atoms. The number of anilines is 1. The maximum atomic E-state index is 13.5. The molecule has 0 atom stereocenters. The molecule has 0 amide bonds. The summed E-state index contributed by atoms with van der Waals surface area (Å²) in [5, 5.41) is 28.3. The Morgan fingerprint density at radius 2 is 1.70 bits per heavy atom. The average molecular weight is 384 g/mol. The monoisotopic (exact) mass is 384 g/mol. The number of nitrogens with zero attached hydrogens (tertiary/aromatic N) is 1. The molecule has 0 aliphatic rings. The molecule has 0 heterocycles. The summed E-state index contributed by atoms with van der Waals surface area (Å²) in [4.78, 5) is 28.4. The number of non-ortho nitro benzene ring substituents is 1. The molecular weight excluding hydrogens is 370 g/mol. The number of carbonyl (C=O) groups is 2. The number of hydrogen-bond acceptors (Lipinski definition) is 6. The van der Waals surface area contributed by atoms with Gasteiger partial charge in [-0.2, -0.15) is 0 Å². The predicted molar refractivity (Wildman–Crippen MR) is 88.6 cm³/mol. The molecule has 27 heavy (non-hydrogen) atoms. The maximum absolute atomic E-state index is 13.5. The standard InChI is InChI=1S/C14H12F2N2O3.C2H2O4/c1-21-14-6-5-9(18(19)20)7-13(14)17-8-10-11(15)3-2-4-12(10)16;3-1(4)2(5)6/h2-7,17H,8H2,1H3;(H,3,4)(H,5,6). The molecule has 0 saturated heterocycles. The van der Waals surface area contributed by atoms with Crippen LogP contribution in [-0.2, 0) is 16.1 Å². The number of ether oxygens (including phenoxy) is 1. The zero-order chi connectivity index (χ0) is 20.6. The van der Waals surface area contributed by atoms with E-state index >= 15 is 0 Å². The molecule has 0 fully saturated rings. The molecule has 11 heteroatoms. The number of carboxylic acid groups (broad SMARTS) is 2. The summed E-state index contributed by atoms with van der Waals surface area (Å²) in [5.74, 6) is -4.68. The average Bonchev–Trinajstić information content (AvgIpc) is 2.61. The van der Waals surface area contributed by atoms with Crippen molar-refractivity contribution in [3.63, 3.8) is 0 Å². The fraction of sp³-hybridized carbons (Fsp3) is 0.125. The second kappa shape index (κ2) is 9.65. The predicted octanol–water partition coefficient (Wildman–Crippen LogP) is 2.65. The molecular formula is C16H14F2N2O7.